The van der Waals surface area contributed by atoms with Gasteiger partial charge in [0.1, 0.15) is 0 Å². The van der Waals surface area contributed by atoms with Crippen LogP contribution in [0, 0.1) is 10.7 Å². The van der Waals surface area contributed by atoms with E-state index in [0.717, 1.165) is 0 Å². The van der Waals surface area contributed by atoms with Crippen LogP contribution < -0.4 is 10.6 Å². The van der Waals surface area contributed by atoms with Crippen LogP contribution in [-0.4, -0.2) is 48.8 Å². The number of rotatable bonds is 5. The quantitative estimate of drug-likeness (QED) is 0.362. The summed E-state index contributed by atoms with van der Waals surface area (Å²) in [4.78, 5) is 24.3. The molecular formula is C13H15I3N2O4. The van der Waals surface area contributed by atoms with Gasteiger partial charge in [0.15, 0.2) is 0 Å². The predicted octanol–water partition coefficient (Wildman–Crippen LogP) is 1.12. The second-order valence-electron chi connectivity index (χ2n) is 4.37. The molecule has 0 bridgehead atoms. The highest BCUT2D eigenvalue weighted by atomic mass is 127. The Bertz CT molecular complexity index is 564. The van der Waals surface area contributed by atoms with E-state index in [0.29, 0.717) is 27.4 Å². The van der Waals surface area contributed by atoms with E-state index < -0.39 is 6.10 Å². The molecule has 0 aliphatic rings. The Kier molecular flexibility index (Phi) is 8.25. The third kappa shape index (κ3) is 4.21. The van der Waals surface area contributed by atoms with E-state index in [9.17, 15) is 14.7 Å². The van der Waals surface area contributed by atoms with Crippen LogP contribution in [0.2, 0.25) is 0 Å². The lowest BCUT2D eigenvalue weighted by Crippen LogP contribution is -2.28. The summed E-state index contributed by atoms with van der Waals surface area (Å²) in [6, 6.07) is 0. The van der Waals surface area contributed by atoms with Crippen LogP contribution in [0.4, 0.5) is 0 Å². The van der Waals surface area contributed by atoms with Crippen molar-refractivity contribution in [2.45, 2.75) is 12.5 Å². The van der Waals surface area contributed by atoms with Crippen molar-refractivity contribution in [3.8, 4) is 0 Å². The van der Waals surface area contributed by atoms with Gasteiger partial charge in [-0.05, 0) is 73.3 Å². The van der Waals surface area contributed by atoms with Crippen LogP contribution in [0.3, 0.4) is 0 Å². The number of aliphatic hydroxyl groups excluding tert-OH is 2. The van der Waals surface area contributed by atoms with Gasteiger partial charge >= 0.3 is 0 Å². The van der Waals surface area contributed by atoms with Gasteiger partial charge in [-0.3, -0.25) is 9.59 Å². The molecule has 0 aliphatic heterocycles. The molecule has 1 aromatic rings. The zero-order valence-corrected chi connectivity index (χ0v) is 18.3. The topological polar surface area (TPSA) is 98.7 Å². The molecule has 1 unspecified atom stereocenters. The number of halogens is 3. The lowest BCUT2D eigenvalue weighted by molar-refractivity contribution is 0.0938. The van der Waals surface area contributed by atoms with Crippen molar-refractivity contribution in [3.05, 3.63) is 27.4 Å². The monoisotopic (exact) mass is 644 g/mol. The molecule has 1 rings (SSSR count). The first-order valence-corrected chi connectivity index (χ1v) is 9.46. The first-order valence-electron chi connectivity index (χ1n) is 6.22. The van der Waals surface area contributed by atoms with Gasteiger partial charge in [-0.2, -0.15) is 0 Å². The molecule has 0 fully saturated rings. The SMILES string of the molecule is CNC(=O)c1c(I)c(CC(O)CO)c(I)c(C(=O)NC)c1I. The molecule has 4 N–H and O–H groups in total. The van der Waals surface area contributed by atoms with Crippen LogP contribution in [-0.2, 0) is 6.42 Å². The van der Waals surface area contributed by atoms with Crippen molar-refractivity contribution in [3.63, 3.8) is 0 Å². The Morgan fingerprint density at radius 2 is 1.41 bits per heavy atom. The maximum Gasteiger partial charge on any atom is 0.253 e. The highest BCUT2D eigenvalue weighted by Gasteiger charge is 2.27. The molecular weight excluding hydrogens is 629 g/mol. The molecule has 6 nitrogen and oxygen atoms in total. The molecule has 0 spiro atoms. The third-order valence-corrected chi connectivity index (χ3v) is 6.43. The average molecular weight is 644 g/mol. The van der Waals surface area contributed by atoms with Gasteiger partial charge in [0.2, 0.25) is 0 Å². The van der Waals surface area contributed by atoms with Gasteiger partial charge in [-0.1, -0.05) is 0 Å². The predicted molar refractivity (Wildman–Crippen MR) is 108 cm³/mol. The second-order valence-corrected chi connectivity index (χ2v) is 7.61. The summed E-state index contributed by atoms with van der Waals surface area (Å²) >= 11 is 6.06. The molecule has 0 heterocycles. The first kappa shape index (κ1) is 20.3. The van der Waals surface area contributed by atoms with Crippen LogP contribution in [0.1, 0.15) is 26.3 Å². The number of carbonyl (C=O) groups excluding carboxylic acids is 2. The van der Waals surface area contributed by atoms with E-state index in [-0.39, 0.29) is 24.8 Å². The van der Waals surface area contributed by atoms with Gasteiger partial charge in [0.05, 0.1) is 23.8 Å². The average Bonchev–Trinajstić information content (AvgIpc) is 2.50. The van der Waals surface area contributed by atoms with Crippen molar-refractivity contribution in [2.75, 3.05) is 20.7 Å². The fourth-order valence-electron chi connectivity index (χ4n) is 1.84. The Morgan fingerprint density at radius 1 is 1.00 bits per heavy atom. The van der Waals surface area contributed by atoms with Gasteiger partial charge < -0.3 is 20.8 Å². The van der Waals surface area contributed by atoms with Gasteiger partial charge in [0.25, 0.3) is 11.8 Å². The van der Waals surface area contributed by atoms with Crippen LogP contribution in [0.5, 0.6) is 0 Å². The van der Waals surface area contributed by atoms with Crippen molar-refractivity contribution in [1.82, 2.24) is 10.6 Å². The largest absolute Gasteiger partial charge is 0.394 e. The summed E-state index contributed by atoms with van der Waals surface area (Å²) in [7, 11) is 3.04. The highest BCUT2D eigenvalue weighted by Crippen LogP contribution is 2.33. The minimum Gasteiger partial charge on any atom is -0.394 e. The lowest BCUT2D eigenvalue weighted by atomic mass is 10.00. The van der Waals surface area contributed by atoms with Crippen LogP contribution in [0.15, 0.2) is 0 Å². The Hall–Kier alpha value is 0.270. The third-order valence-electron chi connectivity index (χ3n) is 2.97. The van der Waals surface area contributed by atoms with E-state index in [1.165, 1.54) is 14.1 Å². The highest BCUT2D eigenvalue weighted by molar-refractivity contribution is 14.1. The number of benzene rings is 1. The summed E-state index contributed by atoms with van der Waals surface area (Å²) in [5, 5.41) is 23.9. The molecule has 1 aromatic carbocycles. The van der Waals surface area contributed by atoms with E-state index in [4.69, 9.17) is 5.11 Å². The minimum absolute atomic E-state index is 0.165. The summed E-state index contributed by atoms with van der Waals surface area (Å²) in [6.45, 7) is -0.386. The molecule has 0 saturated carbocycles. The number of amides is 2. The van der Waals surface area contributed by atoms with E-state index in [1.54, 1.807) is 0 Å². The maximum atomic E-state index is 12.2. The number of hydrogen-bond acceptors (Lipinski definition) is 4. The molecule has 0 aromatic heterocycles. The molecule has 0 aliphatic carbocycles. The summed E-state index contributed by atoms with van der Waals surface area (Å²) in [6.07, 6.45) is -0.782. The molecule has 1 atom stereocenters. The van der Waals surface area contributed by atoms with E-state index in [2.05, 4.69) is 10.6 Å². The number of aliphatic hydroxyl groups is 2. The number of hydrogen-bond donors (Lipinski definition) is 4. The van der Waals surface area contributed by atoms with Crippen LogP contribution >= 0.6 is 67.8 Å². The maximum absolute atomic E-state index is 12.2. The Balaban J connectivity index is 3.69. The molecule has 22 heavy (non-hydrogen) atoms. The van der Waals surface area contributed by atoms with Gasteiger partial charge in [0, 0.05) is 31.2 Å². The number of carbonyl (C=O) groups is 2. The fourth-order valence-corrected chi connectivity index (χ4v) is 6.43. The Labute approximate surface area is 169 Å². The van der Waals surface area contributed by atoms with Gasteiger partial charge in [-0.15, -0.1) is 0 Å². The van der Waals surface area contributed by atoms with Crippen LogP contribution in [0.25, 0.3) is 0 Å². The van der Waals surface area contributed by atoms with Crippen molar-refractivity contribution in [1.29, 1.82) is 0 Å². The molecule has 2 amide bonds. The fraction of sp³-hybridized carbons (Fsp3) is 0.385. The first-order chi connectivity index (χ1) is 10.3. The smallest absolute Gasteiger partial charge is 0.253 e. The van der Waals surface area contributed by atoms with Crippen molar-refractivity contribution >= 4 is 79.6 Å². The van der Waals surface area contributed by atoms with Crippen molar-refractivity contribution < 1.29 is 19.8 Å². The summed E-state index contributed by atoms with van der Waals surface area (Å²) in [5.74, 6) is -0.592. The minimum atomic E-state index is -0.947. The number of nitrogens with one attached hydrogen (secondary N) is 2. The molecule has 122 valence electrons. The van der Waals surface area contributed by atoms with Gasteiger partial charge in [-0.25, -0.2) is 0 Å². The zero-order chi connectivity index (χ0) is 17.0. The van der Waals surface area contributed by atoms with Crippen molar-refractivity contribution in [2.24, 2.45) is 0 Å². The van der Waals surface area contributed by atoms with E-state index in [1.807, 2.05) is 67.8 Å². The van der Waals surface area contributed by atoms with E-state index >= 15 is 0 Å². The molecule has 0 radical (unpaired) electrons. The normalized spacial score (nSPS) is 12.0. The second kappa shape index (κ2) is 8.94. The summed E-state index contributed by atoms with van der Waals surface area (Å²) in [5.41, 5.74) is 1.49. The molecule has 9 heteroatoms. The zero-order valence-electron chi connectivity index (χ0n) is 11.8. The molecule has 0 saturated heterocycles. The Morgan fingerprint density at radius 3 is 1.73 bits per heavy atom. The standard InChI is InChI=1S/C13H15I3N2O4/c1-17-12(21)7-9(14)6(3-5(20)4-19)10(15)8(11(7)16)13(22)18-2/h5,19-20H,3-4H2,1-2H3,(H,17,21)(H,18,22). The lowest BCUT2D eigenvalue weighted by Gasteiger charge is -2.19. The summed E-state index contributed by atoms with van der Waals surface area (Å²) < 4.78 is 1.91.